The predicted molar refractivity (Wildman–Crippen MR) is 65.5 cm³/mol. The lowest BCUT2D eigenvalue weighted by molar-refractivity contribution is 0.0731. The third-order valence-corrected chi connectivity index (χ3v) is 3.99. The molecule has 1 atom stereocenters. The van der Waals surface area contributed by atoms with Gasteiger partial charge in [-0.05, 0) is 25.2 Å². The second-order valence-corrected chi connectivity index (χ2v) is 5.16. The Labute approximate surface area is 94.0 Å². The van der Waals surface area contributed by atoms with Gasteiger partial charge in [-0.15, -0.1) is 5.92 Å². The van der Waals surface area contributed by atoms with Gasteiger partial charge >= 0.3 is 0 Å². The second kappa shape index (κ2) is 5.01. The van der Waals surface area contributed by atoms with Gasteiger partial charge in [0.2, 0.25) is 0 Å². The van der Waals surface area contributed by atoms with E-state index in [1.54, 1.807) is 0 Å². The lowest BCUT2D eigenvalue weighted by atomic mass is 9.63. The van der Waals surface area contributed by atoms with Gasteiger partial charge in [0.15, 0.2) is 0 Å². The van der Waals surface area contributed by atoms with E-state index in [2.05, 4.69) is 31.0 Å². The van der Waals surface area contributed by atoms with Crippen molar-refractivity contribution in [1.82, 2.24) is 5.32 Å². The van der Waals surface area contributed by atoms with Gasteiger partial charge in [0.05, 0.1) is 6.54 Å². The molecule has 0 radical (unpaired) electrons. The van der Waals surface area contributed by atoms with Crippen LogP contribution in [0.2, 0.25) is 0 Å². The molecule has 1 aliphatic carbocycles. The van der Waals surface area contributed by atoms with Crippen LogP contribution < -0.4 is 11.1 Å². The largest absolute Gasteiger partial charge is 0.329 e. The fourth-order valence-electron chi connectivity index (χ4n) is 2.65. The van der Waals surface area contributed by atoms with E-state index in [1.807, 2.05) is 6.92 Å². The minimum atomic E-state index is 0.0924. The first-order valence-corrected chi connectivity index (χ1v) is 5.93. The highest BCUT2D eigenvalue weighted by molar-refractivity contribution is 5.07. The summed E-state index contributed by atoms with van der Waals surface area (Å²) in [7, 11) is 0. The van der Waals surface area contributed by atoms with Crippen LogP contribution in [0.15, 0.2) is 0 Å². The Morgan fingerprint density at radius 2 is 1.93 bits per heavy atom. The monoisotopic (exact) mass is 208 g/mol. The summed E-state index contributed by atoms with van der Waals surface area (Å²) in [6, 6.07) is 0. The van der Waals surface area contributed by atoms with Crippen molar-refractivity contribution in [2.75, 3.05) is 13.1 Å². The second-order valence-electron chi connectivity index (χ2n) is 5.16. The van der Waals surface area contributed by atoms with Crippen LogP contribution in [0, 0.1) is 17.3 Å². The first kappa shape index (κ1) is 12.5. The van der Waals surface area contributed by atoms with Crippen molar-refractivity contribution < 1.29 is 0 Å². The number of nitrogens with one attached hydrogen (secondary N) is 1. The van der Waals surface area contributed by atoms with Crippen molar-refractivity contribution in [3.05, 3.63) is 0 Å². The maximum absolute atomic E-state index is 5.99. The van der Waals surface area contributed by atoms with Crippen LogP contribution in [0.5, 0.6) is 0 Å². The number of rotatable bonds is 3. The highest BCUT2D eigenvalue weighted by atomic mass is 15.0. The molecule has 3 N–H and O–H groups in total. The molecule has 1 unspecified atom stereocenters. The van der Waals surface area contributed by atoms with Gasteiger partial charge in [0.1, 0.15) is 0 Å². The van der Waals surface area contributed by atoms with Gasteiger partial charge in [-0.25, -0.2) is 0 Å². The zero-order chi connectivity index (χ0) is 11.4. The Morgan fingerprint density at radius 3 is 2.47 bits per heavy atom. The van der Waals surface area contributed by atoms with Crippen LogP contribution in [0.25, 0.3) is 0 Å². The van der Waals surface area contributed by atoms with Crippen molar-refractivity contribution in [2.24, 2.45) is 11.1 Å². The van der Waals surface area contributed by atoms with Crippen LogP contribution in [-0.2, 0) is 0 Å². The number of hydrogen-bond donors (Lipinski definition) is 2. The van der Waals surface area contributed by atoms with E-state index in [4.69, 9.17) is 5.73 Å². The van der Waals surface area contributed by atoms with Gasteiger partial charge in [0.25, 0.3) is 0 Å². The summed E-state index contributed by atoms with van der Waals surface area (Å²) in [5, 5.41) is 3.58. The summed E-state index contributed by atoms with van der Waals surface area (Å²) < 4.78 is 0. The molecule has 0 aromatic carbocycles. The average molecular weight is 208 g/mol. The minimum Gasteiger partial charge on any atom is -0.329 e. The molecular weight excluding hydrogens is 184 g/mol. The molecule has 86 valence electrons. The molecule has 0 aliphatic heterocycles. The smallest absolute Gasteiger partial charge is 0.0581 e. The van der Waals surface area contributed by atoms with E-state index < -0.39 is 0 Å². The van der Waals surface area contributed by atoms with E-state index in [0.717, 1.165) is 6.54 Å². The highest BCUT2D eigenvalue weighted by Gasteiger charge is 2.44. The van der Waals surface area contributed by atoms with E-state index >= 15 is 0 Å². The quantitative estimate of drug-likeness (QED) is 0.695. The third-order valence-electron chi connectivity index (χ3n) is 3.99. The average Bonchev–Trinajstić information content (AvgIpc) is 2.21. The predicted octanol–water partition coefficient (Wildman–Crippen LogP) is 1.90. The molecular formula is C13H24N2. The van der Waals surface area contributed by atoms with E-state index in [-0.39, 0.29) is 11.0 Å². The Kier molecular flexibility index (Phi) is 4.19. The van der Waals surface area contributed by atoms with E-state index in [0.29, 0.717) is 6.54 Å². The third kappa shape index (κ3) is 2.53. The van der Waals surface area contributed by atoms with Crippen LogP contribution in [0.3, 0.4) is 0 Å². The molecule has 0 amide bonds. The number of hydrogen-bond acceptors (Lipinski definition) is 2. The van der Waals surface area contributed by atoms with Gasteiger partial charge in [0, 0.05) is 12.1 Å². The topological polar surface area (TPSA) is 38.0 Å². The summed E-state index contributed by atoms with van der Waals surface area (Å²) in [4.78, 5) is 0. The molecule has 1 aliphatic rings. The molecule has 0 bridgehead atoms. The molecule has 2 heteroatoms. The van der Waals surface area contributed by atoms with Crippen LogP contribution in [0.1, 0.15) is 46.5 Å². The van der Waals surface area contributed by atoms with Gasteiger partial charge in [-0.2, -0.15) is 0 Å². The van der Waals surface area contributed by atoms with Crippen molar-refractivity contribution in [2.45, 2.75) is 52.0 Å². The van der Waals surface area contributed by atoms with Crippen molar-refractivity contribution in [1.29, 1.82) is 0 Å². The van der Waals surface area contributed by atoms with Crippen LogP contribution in [0.4, 0.5) is 0 Å². The number of nitrogens with two attached hydrogens (primary N) is 1. The van der Waals surface area contributed by atoms with Gasteiger partial charge in [-0.1, -0.05) is 32.6 Å². The SMILES string of the molecule is CC#CCNC1(CN)CCCCC1(C)C. The van der Waals surface area contributed by atoms with Crippen molar-refractivity contribution in [3.63, 3.8) is 0 Å². The zero-order valence-electron chi connectivity index (χ0n) is 10.3. The lowest BCUT2D eigenvalue weighted by Crippen LogP contribution is -2.62. The molecule has 1 saturated carbocycles. The van der Waals surface area contributed by atoms with Crippen molar-refractivity contribution >= 4 is 0 Å². The summed E-state index contributed by atoms with van der Waals surface area (Å²) >= 11 is 0. The minimum absolute atomic E-state index is 0.0924. The maximum Gasteiger partial charge on any atom is 0.0581 e. The zero-order valence-corrected chi connectivity index (χ0v) is 10.3. The first-order valence-electron chi connectivity index (χ1n) is 5.93. The van der Waals surface area contributed by atoms with Crippen LogP contribution >= 0.6 is 0 Å². The summed E-state index contributed by atoms with van der Waals surface area (Å²) in [6.45, 7) is 8.00. The Morgan fingerprint density at radius 1 is 1.27 bits per heavy atom. The molecule has 1 fully saturated rings. The van der Waals surface area contributed by atoms with Gasteiger partial charge in [-0.3, -0.25) is 5.32 Å². The van der Waals surface area contributed by atoms with Gasteiger partial charge < -0.3 is 5.73 Å². The molecule has 0 aromatic heterocycles. The molecule has 15 heavy (non-hydrogen) atoms. The maximum atomic E-state index is 5.99. The fourth-order valence-corrected chi connectivity index (χ4v) is 2.65. The lowest BCUT2D eigenvalue weighted by Gasteiger charge is -2.50. The fraction of sp³-hybridized carbons (Fsp3) is 0.846. The summed E-state index contributed by atoms with van der Waals surface area (Å²) in [6.07, 6.45) is 5.06. The van der Waals surface area contributed by atoms with E-state index in [9.17, 15) is 0 Å². The molecule has 2 nitrogen and oxygen atoms in total. The Bertz CT molecular complexity index is 259. The van der Waals surface area contributed by atoms with Crippen LogP contribution in [-0.4, -0.2) is 18.6 Å². The Balaban J connectivity index is 2.74. The molecule has 0 spiro atoms. The Hall–Kier alpha value is -0.520. The molecule has 0 saturated heterocycles. The molecule has 1 rings (SSSR count). The highest BCUT2D eigenvalue weighted by Crippen LogP contribution is 2.43. The summed E-state index contributed by atoms with van der Waals surface area (Å²) in [5.74, 6) is 6.00. The van der Waals surface area contributed by atoms with E-state index in [1.165, 1.54) is 25.7 Å². The molecule has 0 heterocycles. The normalized spacial score (nSPS) is 29.3. The first-order chi connectivity index (χ1) is 7.08. The molecule has 0 aromatic rings. The standard InChI is InChI=1S/C13H24N2/c1-4-5-10-15-13(11-14)9-7-6-8-12(13,2)3/h15H,6-11,14H2,1-3H3. The summed E-state index contributed by atoms with van der Waals surface area (Å²) in [5.41, 5.74) is 6.36. The van der Waals surface area contributed by atoms with Crippen molar-refractivity contribution in [3.8, 4) is 11.8 Å².